The van der Waals surface area contributed by atoms with Crippen molar-refractivity contribution in [2.24, 2.45) is 4.99 Å². The lowest BCUT2D eigenvalue weighted by Crippen LogP contribution is -2.38. The van der Waals surface area contributed by atoms with Crippen molar-refractivity contribution >= 4 is 35.9 Å². The van der Waals surface area contributed by atoms with E-state index in [1.54, 1.807) is 7.05 Å². The van der Waals surface area contributed by atoms with Gasteiger partial charge in [-0.2, -0.15) is 0 Å². The van der Waals surface area contributed by atoms with Gasteiger partial charge in [0.15, 0.2) is 5.96 Å². The van der Waals surface area contributed by atoms with Crippen molar-refractivity contribution in [1.29, 1.82) is 0 Å². The van der Waals surface area contributed by atoms with Gasteiger partial charge >= 0.3 is 5.97 Å². The minimum atomic E-state index is -0.142. The smallest absolute Gasteiger partial charge is 0.305 e. The Kier molecular flexibility index (Phi) is 17.0. The Bertz CT molecular complexity index is 248. The normalized spacial score (nSPS) is 10.6. The van der Waals surface area contributed by atoms with E-state index >= 15 is 0 Å². The lowest BCUT2D eigenvalue weighted by Gasteiger charge is -2.11. The number of hydrogen-bond donors (Lipinski definition) is 2. The number of esters is 1. The van der Waals surface area contributed by atoms with Crippen molar-refractivity contribution in [3.63, 3.8) is 0 Å². The lowest BCUT2D eigenvalue weighted by molar-refractivity contribution is -0.140. The van der Waals surface area contributed by atoms with Crippen molar-refractivity contribution in [3.8, 4) is 0 Å². The zero-order valence-electron chi connectivity index (χ0n) is 12.3. The molecule has 0 atom stereocenters. The summed E-state index contributed by atoms with van der Waals surface area (Å²) in [5.41, 5.74) is 0. The van der Waals surface area contributed by atoms with Gasteiger partial charge in [-0.3, -0.25) is 9.79 Å². The predicted molar refractivity (Wildman–Crippen MR) is 90.2 cm³/mol. The van der Waals surface area contributed by atoms with Crippen LogP contribution in [-0.2, 0) is 9.53 Å². The molecule has 0 bridgehead atoms. The molecular weight excluding hydrogens is 357 g/mol. The number of aliphatic imine (C=N–C) groups is 1. The number of ether oxygens (including phenoxy) is 1. The van der Waals surface area contributed by atoms with Gasteiger partial charge in [-0.15, -0.1) is 24.0 Å². The molecule has 0 rings (SSSR count). The number of carbonyl (C=O) groups excluding carboxylic acids is 1. The van der Waals surface area contributed by atoms with Crippen LogP contribution < -0.4 is 10.6 Å². The summed E-state index contributed by atoms with van der Waals surface area (Å²) in [6, 6.07) is 0. The highest BCUT2D eigenvalue weighted by atomic mass is 127. The number of halogens is 1. The van der Waals surface area contributed by atoms with Crippen LogP contribution in [0.3, 0.4) is 0 Å². The molecule has 0 fully saturated rings. The molecule has 0 heterocycles. The molecule has 0 aromatic rings. The average molecular weight is 385 g/mol. The van der Waals surface area contributed by atoms with E-state index in [9.17, 15) is 4.79 Å². The molecule has 0 aliphatic heterocycles. The van der Waals surface area contributed by atoms with Crippen molar-refractivity contribution in [3.05, 3.63) is 0 Å². The standard InChI is InChI=1S/C13H27N3O2.HI/c1-4-5-7-10-15-13(14-2)16-11-8-6-9-12(17)18-3;/h4-11H2,1-3H3,(H2,14,15,16);1H. The van der Waals surface area contributed by atoms with E-state index in [1.165, 1.54) is 26.4 Å². The number of hydrogen-bond acceptors (Lipinski definition) is 3. The fraction of sp³-hybridized carbons (Fsp3) is 0.846. The van der Waals surface area contributed by atoms with Crippen LogP contribution in [0, 0.1) is 0 Å². The summed E-state index contributed by atoms with van der Waals surface area (Å²) in [7, 11) is 3.19. The molecule has 6 heteroatoms. The maximum atomic E-state index is 10.9. The summed E-state index contributed by atoms with van der Waals surface area (Å²) in [5, 5.41) is 6.49. The fourth-order valence-corrected chi connectivity index (χ4v) is 1.51. The number of nitrogens with zero attached hydrogens (tertiary/aromatic N) is 1. The van der Waals surface area contributed by atoms with Crippen LogP contribution in [0.1, 0.15) is 45.4 Å². The Morgan fingerprint density at radius 3 is 2.16 bits per heavy atom. The molecule has 0 saturated carbocycles. The molecule has 5 nitrogen and oxygen atoms in total. The Hall–Kier alpha value is -0.530. The summed E-state index contributed by atoms with van der Waals surface area (Å²) >= 11 is 0. The average Bonchev–Trinajstić information content (AvgIpc) is 2.40. The highest BCUT2D eigenvalue weighted by Crippen LogP contribution is 1.95. The maximum absolute atomic E-state index is 10.9. The van der Waals surface area contributed by atoms with Crippen LogP contribution in [0.5, 0.6) is 0 Å². The van der Waals surface area contributed by atoms with E-state index < -0.39 is 0 Å². The largest absolute Gasteiger partial charge is 0.469 e. The van der Waals surface area contributed by atoms with Gasteiger partial charge in [0.05, 0.1) is 7.11 Å². The number of rotatable bonds is 9. The van der Waals surface area contributed by atoms with E-state index in [2.05, 4.69) is 27.3 Å². The molecule has 114 valence electrons. The minimum Gasteiger partial charge on any atom is -0.469 e. The Morgan fingerprint density at radius 2 is 1.68 bits per heavy atom. The zero-order chi connectivity index (χ0) is 13.6. The molecule has 0 saturated heterocycles. The second-order valence-corrected chi connectivity index (χ2v) is 4.17. The number of carbonyl (C=O) groups is 1. The summed E-state index contributed by atoms with van der Waals surface area (Å²) in [5.74, 6) is 0.696. The van der Waals surface area contributed by atoms with E-state index in [0.29, 0.717) is 6.42 Å². The van der Waals surface area contributed by atoms with E-state index in [-0.39, 0.29) is 29.9 Å². The van der Waals surface area contributed by atoms with Gasteiger partial charge in [0, 0.05) is 26.6 Å². The molecule has 0 amide bonds. The Morgan fingerprint density at radius 1 is 1.11 bits per heavy atom. The highest BCUT2D eigenvalue weighted by Gasteiger charge is 2.00. The third kappa shape index (κ3) is 13.7. The molecule has 0 aromatic carbocycles. The SMILES string of the molecule is CCCCCNC(=NC)NCCCCC(=O)OC.I. The van der Waals surface area contributed by atoms with Crippen molar-refractivity contribution in [1.82, 2.24) is 10.6 Å². The fourth-order valence-electron chi connectivity index (χ4n) is 1.51. The Balaban J connectivity index is 0. The van der Waals surface area contributed by atoms with Gasteiger partial charge in [0.1, 0.15) is 0 Å². The molecule has 0 aliphatic rings. The molecule has 2 N–H and O–H groups in total. The van der Waals surface area contributed by atoms with Crippen LogP contribution >= 0.6 is 24.0 Å². The summed E-state index contributed by atoms with van der Waals surface area (Å²) in [6.07, 6.45) is 5.89. The molecular formula is C13H28IN3O2. The molecule has 0 aromatic heterocycles. The van der Waals surface area contributed by atoms with E-state index in [0.717, 1.165) is 31.9 Å². The molecule has 0 unspecified atom stereocenters. The van der Waals surface area contributed by atoms with Crippen molar-refractivity contribution in [2.45, 2.75) is 45.4 Å². The van der Waals surface area contributed by atoms with E-state index in [4.69, 9.17) is 0 Å². The van der Waals surface area contributed by atoms with Gasteiger partial charge < -0.3 is 15.4 Å². The molecule has 0 spiro atoms. The summed E-state index contributed by atoms with van der Waals surface area (Å²) in [6.45, 7) is 3.97. The predicted octanol–water partition coefficient (Wildman–Crippen LogP) is 2.30. The number of nitrogens with one attached hydrogen (secondary N) is 2. The highest BCUT2D eigenvalue weighted by molar-refractivity contribution is 14.0. The molecule has 19 heavy (non-hydrogen) atoms. The third-order valence-electron chi connectivity index (χ3n) is 2.62. The molecule has 0 aliphatic carbocycles. The van der Waals surface area contributed by atoms with Gasteiger partial charge in [-0.1, -0.05) is 19.8 Å². The first-order valence-electron chi connectivity index (χ1n) is 6.76. The van der Waals surface area contributed by atoms with Crippen LogP contribution in [-0.4, -0.2) is 39.2 Å². The summed E-state index contributed by atoms with van der Waals surface area (Å²) < 4.78 is 4.58. The number of unbranched alkanes of at least 4 members (excludes halogenated alkanes) is 3. The first-order chi connectivity index (χ1) is 8.74. The van der Waals surface area contributed by atoms with E-state index in [1.807, 2.05) is 0 Å². The van der Waals surface area contributed by atoms with Gasteiger partial charge in [0.25, 0.3) is 0 Å². The second-order valence-electron chi connectivity index (χ2n) is 4.17. The maximum Gasteiger partial charge on any atom is 0.305 e. The van der Waals surface area contributed by atoms with Crippen molar-refractivity contribution < 1.29 is 9.53 Å². The Labute approximate surface area is 134 Å². The van der Waals surface area contributed by atoms with Crippen molar-refractivity contribution in [2.75, 3.05) is 27.2 Å². The summed E-state index contributed by atoms with van der Waals surface area (Å²) in [4.78, 5) is 15.0. The topological polar surface area (TPSA) is 62.7 Å². The number of guanidine groups is 1. The first kappa shape index (κ1) is 20.8. The quantitative estimate of drug-likeness (QED) is 0.210. The second kappa shape index (κ2) is 15.5. The first-order valence-corrected chi connectivity index (χ1v) is 6.76. The lowest BCUT2D eigenvalue weighted by atomic mass is 10.2. The zero-order valence-corrected chi connectivity index (χ0v) is 14.7. The molecule has 0 radical (unpaired) electrons. The van der Waals surface area contributed by atoms with Crippen LogP contribution in [0.4, 0.5) is 0 Å². The number of methoxy groups -OCH3 is 1. The minimum absolute atomic E-state index is 0. The van der Waals surface area contributed by atoms with Gasteiger partial charge in [-0.05, 0) is 19.3 Å². The monoisotopic (exact) mass is 385 g/mol. The van der Waals surface area contributed by atoms with Gasteiger partial charge in [-0.25, -0.2) is 0 Å². The third-order valence-corrected chi connectivity index (χ3v) is 2.62. The van der Waals surface area contributed by atoms with Crippen LogP contribution in [0.25, 0.3) is 0 Å². The van der Waals surface area contributed by atoms with Crippen LogP contribution in [0.15, 0.2) is 4.99 Å². The van der Waals surface area contributed by atoms with Gasteiger partial charge in [0.2, 0.25) is 0 Å². The van der Waals surface area contributed by atoms with Crippen LogP contribution in [0.2, 0.25) is 0 Å².